The van der Waals surface area contributed by atoms with Gasteiger partial charge in [-0.25, -0.2) is 0 Å². The van der Waals surface area contributed by atoms with E-state index in [0.717, 1.165) is 42.6 Å². The quantitative estimate of drug-likeness (QED) is 0.659. The van der Waals surface area contributed by atoms with Gasteiger partial charge in [0.15, 0.2) is 0 Å². The van der Waals surface area contributed by atoms with Gasteiger partial charge in [-0.3, -0.25) is 10.3 Å². The summed E-state index contributed by atoms with van der Waals surface area (Å²) in [6, 6.07) is 0.334. The molecule has 92 valence electrons. The van der Waals surface area contributed by atoms with Crippen molar-refractivity contribution in [3.05, 3.63) is 47.8 Å². The third-order valence-corrected chi connectivity index (χ3v) is 3.54. The van der Waals surface area contributed by atoms with Crippen LogP contribution < -0.4 is 10.6 Å². The highest BCUT2D eigenvalue weighted by Crippen LogP contribution is 2.30. The molecule has 0 aromatic rings. The van der Waals surface area contributed by atoms with Gasteiger partial charge in [-0.05, 0) is 18.6 Å². The van der Waals surface area contributed by atoms with Gasteiger partial charge in [0.05, 0.1) is 17.9 Å². The van der Waals surface area contributed by atoms with Crippen LogP contribution in [0.3, 0.4) is 0 Å². The molecule has 0 fully saturated rings. The molecule has 1 atom stereocenters. The predicted octanol–water partition coefficient (Wildman–Crippen LogP) is 0.776. The van der Waals surface area contributed by atoms with Crippen molar-refractivity contribution >= 4 is 5.90 Å². The van der Waals surface area contributed by atoms with Gasteiger partial charge >= 0.3 is 0 Å². The molecule has 4 rings (SSSR count). The fraction of sp³-hybridized carbons (Fsp3) is 0.308. The Bertz CT molecular complexity index is 541. The lowest BCUT2D eigenvalue weighted by atomic mass is 9.99. The Hall–Kier alpha value is -2.01. The van der Waals surface area contributed by atoms with E-state index in [1.54, 1.807) is 6.26 Å². The molecule has 4 heterocycles. The maximum Gasteiger partial charge on any atom is 0.222 e. The fourth-order valence-electron chi connectivity index (χ4n) is 2.69. The lowest BCUT2D eigenvalue weighted by Crippen LogP contribution is -2.50. The average molecular weight is 242 g/mol. The van der Waals surface area contributed by atoms with Gasteiger partial charge in [-0.15, -0.1) is 0 Å². The number of hydrogen-bond donors (Lipinski definition) is 2. The minimum Gasteiger partial charge on any atom is -0.444 e. The first-order valence-corrected chi connectivity index (χ1v) is 6.21. The molecular weight excluding hydrogens is 228 g/mol. The van der Waals surface area contributed by atoms with Crippen LogP contribution in [0.15, 0.2) is 52.8 Å². The van der Waals surface area contributed by atoms with Crippen molar-refractivity contribution in [2.24, 2.45) is 4.99 Å². The van der Waals surface area contributed by atoms with Crippen molar-refractivity contribution in [2.75, 3.05) is 13.2 Å². The first-order valence-electron chi connectivity index (χ1n) is 6.21. The van der Waals surface area contributed by atoms with Crippen molar-refractivity contribution in [3.8, 4) is 0 Å². The number of allylic oxidation sites excluding steroid dienone is 3. The summed E-state index contributed by atoms with van der Waals surface area (Å²) in [5, 5.41) is 6.85. The van der Waals surface area contributed by atoms with Crippen molar-refractivity contribution in [2.45, 2.75) is 12.5 Å². The maximum atomic E-state index is 5.74. The topological polar surface area (TPSA) is 48.9 Å². The molecule has 0 spiro atoms. The van der Waals surface area contributed by atoms with Gasteiger partial charge in [0, 0.05) is 18.8 Å². The molecule has 0 radical (unpaired) electrons. The van der Waals surface area contributed by atoms with Gasteiger partial charge in [0.2, 0.25) is 5.90 Å². The van der Waals surface area contributed by atoms with E-state index in [0.29, 0.717) is 6.04 Å². The molecule has 0 aromatic carbocycles. The summed E-state index contributed by atoms with van der Waals surface area (Å²) in [6.45, 7) is 1.59. The average Bonchev–Trinajstić information content (AvgIpc) is 2.60. The second kappa shape index (κ2) is 3.74. The Morgan fingerprint density at radius 1 is 1.39 bits per heavy atom. The van der Waals surface area contributed by atoms with E-state index in [2.05, 4.69) is 20.5 Å². The maximum absolute atomic E-state index is 5.74. The molecule has 0 amide bonds. The van der Waals surface area contributed by atoms with Gasteiger partial charge < -0.3 is 15.0 Å². The number of rotatable bonds is 0. The van der Waals surface area contributed by atoms with Crippen molar-refractivity contribution in [1.29, 1.82) is 0 Å². The summed E-state index contributed by atoms with van der Waals surface area (Å²) in [7, 11) is 0. The number of nitrogens with one attached hydrogen (secondary N) is 2. The largest absolute Gasteiger partial charge is 0.444 e. The molecule has 0 saturated heterocycles. The molecular formula is C13H14N4O. The van der Waals surface area contributed by atoms with E-state index < -0.39 is 0 Å². The molecule has 5 nitrogen and oxygen atoms in total. The SMILES string of the molecule is C1=CC2=COC3=NCCC4NCNC(=C34)N2C=C1. The monoisotopic (exact) mass is 242 g/mol. The summed E-state index contributed by atoms with van der Waals surface area (Å²) in [6.07, 6.45) is 10.9. The van der Waals surface area contributed by atoms with Gasteiger partial charge in [-0.1, -0.05) is 6.08 Å². The summed E-state index contributed by atoms with van der Waals surface area (Å²) in [4.78, 5) is 6.61. The number of fused-ring (bicyclic) bond motifs is 2. The third-order valence-electron chi connectivity index (χ3n) is 3.54. The van der Waals surface area contributed by atoms with Crippen LogP contribution in [0, 0.1) is 0 Å². The highest BCUT2D eigenvalue weighted by molar-refractivity contribution is 5.97. The first-order chi connectivity index (χ1) is 8.93. The highest BCUT2D eigenvalue weighted by atomic mass is 16.5. The van der Waals surface area contributed by atoms with Gasteiger partial charge in [0.1, 0.15) is 12.1 Å². The Kier molecular flexibility index (Phi) is 2.07. The van der Waals surface area contributed by atoms with E-state index in [1.165, 1.54) is 0 Å². The molecule has 5 heteroatoms. The molecule has 0 aromatic heterocycles. The molecule has 2 N–H and O–H groups in total. The van der Waals surface area contributed by atoms with Crippen molar-refractivity contribution in [3.63, 3.8) is 0 Å². The number of ether oxygens (including phenoxy) is 1. The van der Waals surface area contributed by atoms with E-state index in [4.69, 9.17) is 4.74 Å². The minimum atomic E-state index is 0.334. The molecule has 4 aliphatic heterocycles. The lowest BCUT2D eigenvalue weighted by molar-refractivity contribution is 0.412. The molecule has 0 bridgehead atoms. The molecule has 4 aliphatic rings. The van der Waals surface area contributed by atoms with Crippen LogP contribution in [0.25, 0.3) is 0 Å². The summed E-state index contributed by atoms with van der Waals surface area (Å²) in [5.41, 5.74) is 2.16. The molecule has 0 saturated carbocycles. The number of aliphatic imine (C=N–C) groups is 1. The second-order valence-electron chi connectivity index (χ2n) is 4.58. The number of nitrogens with zero attached hydrogens (tertiary/aromatic N) is 2. The van der Waals surface area contributed by atoms with Gasteiger partial charge in [-0.2, -0.15) is 0 Å². The molecule has 18 heavy (non-hydrogen) atoms. The Morgan fingerprint density at radius 2 is 2.39 bits per heavy atom. The Morgan fingerprint density at radius 3 is 3.39 bits per heavy atom. The van der Waals surface area contributed by atoms with E-state index >= 15 is 0 Å². The third kappa shape index (κ3) is 1.34. The molecule has 0 aliphatic carbocycles. The number of hydrogen-bond acceptors (Lipinski definition) is 5. The van der Waals surface area contributed by atoms with Crippen LogP contribution >= 0.6 is 0 Å². The van der Waals surface area contributed by atoms with Crippen LogP contribution in [0.2, 0.25) is 0 Å². The zero-order chi connectivity index (χ0) is 11.9. The van der Waals surface area contributed by atoms with E-state index in [9.17, 15) is 0 Å². The smallest absolute Gasteiger partial charge is 0.222 e. The van der Waals surface area contributed by atoms with E-state index in [1.807, 2.05) is 24.4 Å². The second-order valence-corrected chi connectivity index (χ2v) is 4.58. The molecule has 1 unspecified atom stereocenters. The predicted molar refractivity (Wildman–Crippen MR) is 68.2 cm³/mol. The van der Waals surface area contributed by atoms with Crippen LogP contribution in [0.1, 0.15) is 6.42 Å². The Balaban J connectivity index is 1.90. The van der Waals surface area contributed by atoms with Crippen molar-refractivity contribution in [1.82, 2.24) is 15.5 Å². The van der Waals surface area contributed by atoms with Gasteiger partial charge in [0.25, 0.3) is 0 Å². The minimum absolute atomic E-state index is 0.334. The highest BCUT2D eigenvalue weighted by Gasteiger charge is 2.34. The summed E-state index contributed by atoms with van der Waals surface area (Å²) < 4.78 is 5.74. The zero-order valence-electron chi connectivity index (χ0n) is 9.89. The van der Waals surface area contributed by atoms with Crippen LogP contribution in [0.4, 0.5) is 0 Å². The van der Waals surface area contributed by atoms with Crippen LogP contribution in [-0.4, -0.2) is 30.1 Å². The lowest BCUT2D eigenvalue weighted by Gasteiger charge is -2.35. The zero-order valence-corrected chi connectivity index (χ0v) is 9.89. The standard InChI is InChI=1S/C13H14N4O/c1-2-6-17-9(3-1)7-18-13-11-10(4-5-14-13)15-8-16-12(11)17/h1-3,6-7,10,15-16H,4-5,8H2. The normalized spacial score (nSPS) is 28.4. The van der Waals surface area contributed by atoms with Crippen LogP contribution in [-0.2, 0) is 4.74 Å². The van der Waals surface area contributed by atoms with E-state index in [-0.39, 0.29) is 0 Å². The first kappa shape index (κ1) is 9.96. The summed E-state index contributed by atoms with van der Waals surface area (Å²) >= 11 is 0. The Labute approximate surface area is 105 Å². The van der Waals surface area contributed by atoms with Crippen molar-refractivity contribution < 1.29 is 4.74 Å². The fourth-order valence-corrected chi connectivity index (χ4v) is 2.69. The van der Waals surface area contributed by atoms with Crippen LogP contribution in [0.5, 0.6) is 0 Å². The summed E-state index contributed by atoms with van der Waals surface area (Å²) in [5.74, 6) is 1.83.